The smallest absolute Gasteiger partial charge is 0.263 e. The number of unbranched alkanes of at least 4 members (excludes halogenated alkanes) is 1. The van der Waals surface area contributed by atoms with Gasteiger partial charge in [0.1, 0.15) is 11.6 Å². The minimum atomic E-state index is -3.78. The fourth-order valence-electron chi connectivity index (χ4n) is 2.42. The Morgan fingerprint density at radius 2 is 1.85 bits per heavy atom. The number of amides is 1. The third kappa shape index (κ3) is 6.28. The van der Waals surface area contributed by atoms with Crippen LogP contribution < -0.4 is 10.0 Å². The highest BCUT2D eigenvalue weighted by atomic mass is 79.9. The molecule has 1 heterocycles. The molecule has 1 atom stereocenters. The highest BCUT2D eigenvalue weighted by molar-refractivity contribution is 9.10. The second-order valence-corrected chi connectivity index (χ2v) is 8.96. The van der Waals surface area contributed by atoms with E-state index in [0.29, 0.717) is 17.2 Å². The molecule has 0 spiro atoms. The predicted molar refractivity (Wildman–Crippen MR) is 110 cm³/mol. The van der Waals surface area contributed by atoms with Gasteiger partial charge in [-0.15, -0.1) is 0 Å². The molecule has 1 amide bonds. The first kappa shape index (κ1) is 21.3. The fraction of sp³-hybridized carbons (Fsp3) is 0.389. The number of nitrogens with zero attached hydrogens (tertiary/aromatic N) is 2. The number of halogens is 1. The minimum absolute atomic E-state index is 0.0794. The van der Waals surface area contributed by atoms with Crippen LogP contribution in [0.25, 0.3) is 0 Å². The largest absolute Gasteiger partial charge is 0.325 e. The number of hydrogen-bond acceptors (Lipinski definition) is 5. The zero-order valence-corrected chi connectivity index (χ0v) is 17.9. The van der Waals surface area contributed by atoms with Crippen molar-refractivity contribution in [2.75, 3.05) is 10.0 Å². The summed E-state index contributed by atoms with van der Waals surface area (Å²) in [5.74, 6) is 0.553. The highest BCUT2D eigenvalue weighted by Gasteiger charge is 2.17. The van der Waals surface area contributed by atoms with Crippen LogP contribution in [0, 0.1) is 13.8 Å². The van der Waals surface area contributed by atoms with Gasteiger partial charge in [0.15, 0.2) is 0 Å². The van der Waals surface area contributed by atoms with E-state index in [9.17, 15) is 13.2 Å². The van der Waals surface area contributed by atoms with E-state index in [4.69, 9.17) is 0 Å². The Morgan fingerprint density at radius 3 is 2.44 bits per heavy atom. The maximum absolute atomic E-state index is 12.5. The Labute approximate surface area is 168 Å². The van der Waals surface area contributed by atoms with Crippen LogP contribution in [0.15, 0.2) is 35.2 Å². The molecule has 0 bridgehead atoms. The maximum atomic E-state index is 12.5. The number of carbonyl (C=O) groups is 1. The van der Waals surface area contributed by atoms with Crippen molar-refractivity contribution in [1.82, 2.24) is 9.97 Å². The molecule has 2 aromatic rings. The van der Waals surface area contributed by atoms with Gasteiger partial charge in [0.2, 0.25) is 5.91 Å². The second-order valence-electron chi connectivity index (χ2n) is 6.17. The summed E-state index contributed by atoms with van der Waals surface area (Å²) >= 11 is 3.37. The predicted octanol–water partition coefficient (Wildman–Crippen LogP) is 3.79. The number of nitrogens with one attached hydrogen (secondary N) is 2. The Hall–Kier alpha value is -2.00. The number of hydrogen-bond donors (Lipinski definition) is 2. The monoisotopic (exact) mass is 454 g/mol. The summed E-state index contributed by atoms with van der Waals surface area (Å²) in [6.07, 6.45) is 2.71. The Kier molecular flexibility index (Phi) is 7.32. The molecule has 0 unspecified atom stereocenters. The number of rotatable bonds is 8. The van der Waals surface area contributed by atoms with E-state index in [1.165, 1.54) is 12.1 Å². The quantitative estimate of drug-likeness (QED) is 0.590. The summed E-state index contributed by atoms with van der Waals surface area (Å²) in [6, 6.07) is 7.55. The fourth-order valence-corrected chi connectivity index (χ4v) is 3.85. The average molecular weight is 455 g/mol. The molecule has 0 saturated heterocycles. The standard InChI is InChI=1S/C18H23BrN4O3S/c1-4-5-6-16(19)18(24)22-14-7-9-15(10-8-14)27(25,26)23-17-11-12(2)20-13(3)21-17/h7-11,16H,4-6H2,1-3H3,(H,22,24)(H,20,21,23)/t16-/m1/s1. The van der Waals surface area contributed by atoms with Gasteiger partial charge in [-0.25, -0.2) is 18.4 Å². The summed E-state index contributed by atoms with van der Waals surface area (Å²) in [5, 5.41) is 2.77. The number of carbonyl (C=O) groups excluding carboxylic acids is 1. The number of benzene rings is 1. The molecule has 146 valence electrons. The van der Waals surface area contributed by atoms with E-state index < -0.39 is 10.0 Å². The van der Waals surface area contributed by atoms with Crippen molar-refractivity contribution in [3.63, 3.8) is 0 Å². The van der Waals surface area contributed by atoms with Crippen LogP contribution in [0.1, 0.15) is 37.7 Å². The van der Waals surface area contributed by atoms with Crippen LogP contribution in [0.3, 0.4) is 0 Å². The summed E-state index contributed by atoms with van der Waals surface area (Å²) in [4.78, 5) is 20.1. The SMILES string of the molecule is CCCC[C@@H](Br)C(=O)Nc1ccc(S(=O)(=O)Nc2cc(C)nc(C)n2)cc1. The lowest BCUT2D eigenvalue weighted by atomic mass is 10.2. The highest BCUT2D eigenvalue weighted by Crippen LogP contribution is 2.19. The normalized spacial score (nSPS) is 12.4. The van der Waals surface area contributed by atoms with Crippen LogP contribution in [0.4, 0.5) is 11.5 Å². The summed E-state index contributed by atoms with van der Waals surface area (Å²) < 4.78 is 27.5. The molecule has 1 aromatic carbocycles. The zero-order chi connectivity index (χ0) is 20.0. The first-order valence-electron chi connectivity index (χ1n) is 8.61. The number of anilines is 2. The summed E-state index contributed by atoms with van der Waals surface area (Å²) in [5.41, 5.74) is 1.21. The molecule has 27 heavy (non-hydrogen) atoms. The lowest BCUT2D eigenvalue weighted by molar-refractivity contribution is -0.115. The Balaban J connectivity index is 2.08. The van der Waals surface area contributed by atoms with Crippen LogP contribution in [0.5, 0.6) is 0 Å². The molecule has 0 aliphatic carbocycles. The van der Waals surface area contributed by atoms with E-state index in [1.54, 1.807) is 32.0 Å². The molecule has 0 aliphatic rings. The van der Waals surface area contributed by atoms with Crippen LogP contribution in [0.2, 0.25) is 0 Å². The molecule has 2 rings (SSSR count). The van der Waals surface area contributed by atoms with Crippen molar-refractivity contribution in [1.29, 1.82) is 0 Å². The molecule has 0 radical (unpaired) electrons. The van der Waals surface area contributed by atoms with Gasteiger partial charge in [-0.3, -0.25) is 9.52 Å². The maximum Gasteiger partial charge on any atom is 0.263 e. The van der Waals surface area contributed by atoms with Crippen molar-refractivity contribution in [2.45, 2.75) is 49.8 Å². The summed E-state index contributed by atoms with van der Waals surface area (Å²) in [7, 11) is -3.78. The molecule has 0 aliphatic heterocycles. The van der Waals surface area contributed by atoms with E-state index >= 15 is 0 Å². The van der Waals surface area contributed by atoms with Crippen LogP contribution in [-0.4, -0.2) is 29.1 Å². The van der Waals surface area contributed by atoms with E-state index in [2.05, 4.69) is 42.9 Å². The van der Waals surface area contributed by atoms with Crippen molar-refractivity contribution in [3.8, 4) is 0 Å². The molecule has 0 fully saturated rings. The molecular weight excluding hydrogens is 432 g/mol. The van der Waals surface area contributed by atoms with Gasteiger partial charge in [-0.05, 0) is 44.5 Å². The molecule has 9 heteroatoms. The Bertz CT molecular complexity index is 881. The third-order valence-electron chi connectivity index (χ3n) is 3.73. The van der Waals surface area contributed by atoms with Gasteiger partial charge in [-0.2, -0.15) is 0 Å². The van der Waals surface area contributed by atoms with Crippen molar-refractivity contribution in [2.24, 2.45) is 0 Å². The van der Waals surface area contributed by atoms with E-state index in [1.807, 2.05) is 0 Å². The van der Waals surface area contributed by atoms with Crippen LogP contribution >= 0.6 is 15.9 Å². The zero-order valence-electron chi connectivity index (χ0n) is 15.5. The lowest BCUT2D eigenvalue weighted by Crippen LogP contribution is -2.22. The molecule has 1 aromatic heterocycles. The van der Waals surface area contributed by atoms with Gasteiger partial charge in [0, 0.05) is 17.4 Å². The summed E-state index contributed by atoms with van der Waals surface area (Å²) in [6.45, 7) is 5.52. The van der Waals surface area contributed by atoms with E-state index in [0.717, 1.165) is 19.3 Å². The van der Waals surface area contributed by atoms with Gasteiger partial charge in [-0.1, -0.05) is 35.7 Å². The number of sulfonamides is 1. The first-order valence-corrected chi connectivity index (χ1v) is 11.0. The van der Waals surface area contributed by atoms with Crippen molar-refractivity contribution < 1.29 is 13.2 Å². The Morgan fingerprint density at radius 1 is 1.19 bits per heavy atom. The van der Waals surface area contributed by atoms with Crippen molar-refractivity contribution >= 4 is 43.4 Å². The van der Waals surface area contributed by atoms with Crippen molar-refractivity contribution in [3.05, 3.63) is 41.9 Å². The number of aromatic nitrogens is 2. The third-order valence-corrected chi connectivity index (χ3v) is 5.98. The molecular formula is C18H23BrN4O3S. The van der Waals surface area contributed by atoms with Gasteiger partial charge >= 0.3 is 0 Å². The first-order chi connectivity index (χ1) is 12.7. The number of alkyl halides is 1. The minimum Gasteiger partial charge on any atom is -0.325 e. The van der Waals surface area contributed by atoms with E-state index in [-0.39, 0.29) is 21.4 Å². The topological polar surface area (TPSA) is 101 Å². The second kappa shape index (κ2) is 9.27. The van der Waals surface area contributed by atoms with Gasteiger partial charge in [0.05, 0.1) is 9.72 Å². The molecule has 2 N–H and O–H groups in total. The van der Waals surface area contributed by atoms with Crippen LogP contribution in [-0.2, 0) is 14.8 Å². The average Bonchev–Trinajstić information content (AvgIpc) is 2.58. The lowest BCUT2D eigenvalue weighted by Gasteiger charge is -2.12. The van der Waals surface area contributed by atoms with Gasteiger partial charge in [0.25, 0.3) is 10.0 Å². The molecule has 0 saturated carbocycles. The van der Waals surface area contributed by atoms with Gasteiger partial charge < -0.3 is 5.32 Å². The molecule has 7 nitrogen and oxygen atoms in total. The number of aryl methyl sites for hydroxylation is 2.